The van der Waals surface area contributed by atoms with Gasteiger partial charge in [0.2, 0.25) is 0 Å². The minimum atomic E-state index is -0.585. The van der Waals surface area contributed by atoms with Crippen LogP contribution in [0.5, 0.6) is 0 Å². The second-order valence-electron chi connectivity index (χ2n) is 6.57. The number of primary amides is 2. The van der Waals surface area contributed by atoms with Crippen LogP contribution in [0.3, 0.4) is 0 Å². The van der Waals surface area contributed by atoms with Crippen molar-refractivity contribution < 1.29 is 9.59 Å². The topological polar surface area (TPSA) is 124 Å². The van der Waals surface area contributed by atoms with Crippen molar-refractivity contribution in [1.29, 1.82) is 0 Å². The van der Waals surface area contributed by atoms with Gasteiger partial charge in [-0.3, -0.25) is 14.4 Å². The van der Waals surface area contributed by atoms with E-state index in [1.165, 1.54) is 17.5 Å². The number of nitrogens with one attached hydrogen (secondary N) is 1. The summed E-state index contributed by atoms with van der Waals surface area (Å²) in [6.45, 7) is 0. The third-order valence-corrected chi connectivity index (χ3v) is 5.94. The molecule has 0 radical (unpaired) electrons. The minimum Gasteiger partial charge on any atom is -0.365 e. The van der Waals surface area contributed by atoms with Gasteiger partial charge in [0.15, 0.2) is 0 Å². The molecule has 2 amide bonds. The Bertz CT molecular complexity index is 1090. The molecule has 30 heavy (non-hydrogen) atoms. The summed E-state index contributed by atoms with van der Waals surface area (Å²) in [5, 5.41) is 2.21. The summed E-state index contributed by atoms with van der Waals surface area (Å²) in [6, 6.07) is 1.90. The number of hydrogen-bond acceptors (Lipinski definition) is 4. The SMILES string of the molecule is C.C.C.C.NC(=O)c1cc(-c2cn(C3CCCC3)c3c(C(N)=O)c[nH]c(=O)c23)cs1. The van der Waals surface area contributed by atoms with Crippen molar-refractivity contribution in [3.63, 3.8) is 0 Å². The van der Waals surface area contributed by atoms with Gasteiger partial charge in [-0.05, 0) is 29.9 Å². The van der Waals surface area contributed by atoms with E-state index < -0.39 is 11.8 Å². The van der Waals surface area contributed by atoms with Crippen LogP contribution < -0.4 is 17.0 Å². The van der Waals surface area contributed by atoms with E-state index in [1.54, 1.807) is 11.4 Å². The molecule has 7 nitrogen and oxygen atoms in total. The number of nitrogens with zero attached hydrogens (tertiary/aromatic N) is 1. The van der Waals surface area contributed by atoms with Gasteiger partial charge in [-0.25, -0.2) is 0 Å². The Kier molecular flexibility index (Phi) is 9.27. The van der Waals surface area contributed by atoms with Crippen molar-refractivity contribution >= 4 is 34.1 Å². The molecule has 0 unspecified atom stereocenters. The fourth-order valence-electron chi connectivity index (χ4n) is 3.79. The monoisotopic (exact) mass is 434 g/mol. The van der Waals surface area contributed by atoms with E-state index in [0.717, 1.165) is 31.2 Å². The Hall–Kier alpha value is -2.87. The van der Waals surface area contributed by atoms with E-state index >= 15 is 0 Å². The summed E-state index contributed by atoms with van der Waals surface area (Å²) >= 11 is 1.23. The van der Waals surface area contributed by atoms with E-state index in [0.29, 0.717) is 26.9 Å². The van der Waals surface area contributed by atoms with E-state index in [-0.39, 0.29) is 41.3 Å². The summed E-state index contributed by atoms with van der Waals surface area (Å²) in [5.41, 5.74) is 12.9. The van der Waals surface area contributed by atoms with Gasteiger partial charge >= 0.3 is 0 Å². The van der Waals surface area contributed by atoms with Crippen LogP contribution in [0.1, 0.15) is 81.5 Å². The normalized spacial score (nSPS) is 12.9. The summed E-state index contributed by atoms with van der Waals surface area (Å²) in [4.78, 5) is 39.0. The van der Waals surface area contributed by atoms with E-state index in [9.17, 15) is 14.4 Å². The Balaban J connectivity index is 0.00000210. The summed E-state index contributed by atoms with van der Waals surface area (Å²) in [6.07, 6.45) is 7.48. The highest BCUT2D eigenvalue weighted by molar-refractivity contribution is 7.12. The minimum absolute atomic E-state index is 0. The molecule has 1 aliphatic rings. The van der Waals surface area contributed by atoms with E-state index in [4.69, 9.17) is 11.5 Å². The Morgan fingerprint density at radius 3 is 2.23 bits per heavy atom. The lowest BCUT2D eigenvalue weighted by Gasteiger charge is -2.14. The number of fused-ring (bicyclic) bond motifs is 1. The maximum absolute atomic E-state index is 12.6. The van der Waals surface area contributed by atoms with Crippen LogP contribution in [0.15, 0.2) is 28.6 Å². The second kappa shape index (κ2) is 10.2. The van der Waals surface area contributed by atoms with Gasteiger partial charge in [-0.2, -0.15) is 0 Å². The van der Waals surface area contributed by atoms with Crippen LogP contribution in [0, 0.1) is 0 Å². The van der Waals surface area contributed by atoms with Gasteiger partial charge in [0.05, 0.1) is 21.3 Å². The molecule has 3 heterocycles. The maximum atomic E-state index is 12.6. The second-order valence-corrected chi connectivity index (χ2v) is 7.48. The van der Waals surface area contributed by atoms with Crippen molar-refractivity contribution in [2.75, 3.05) is 0 Å². The third-order valence-electron chi connectivity index (χ3n) is 5.00. The first-order chi connectivity index (χ1) is 12.5. The highest BCUT2D eigenvalue weighted by Gasteiger charge is 2.25. The number of H-pyrrole nitrogens is 1. The Morgan fingerprint density at radius 2 is 1.70 bits per heavy atom. The number of aromatic amines is 1. The molecule has 8 heteroatoms. The lowest BCUT2D eigenvalue weighted by molar-refractivity contribution is 0.0994. The molecule has 5 N–H and O–H groups in total. The van der Waals surface area contributed by atoms with Crippen molar-refractivity contribution in [3.8, 4) is 11.1 Å². The fourth-order valence-corrected chi connectivity index (χ4v) is 4.55. The Labute approximate surface area is 182 Å². The molecule has 1 aliphatic carbocycles. The standard InChI is InChI=1S/C18H18N4O3S.4CH4/c19-16(23)11-6-21-18(25)14-12(9-5-13(17(20)24)26-8-9)7-22(15(11)14)10-3-1-2-4-10;;;;/h5-8,10H,1-4H2,(H2,19,23)(H2,20,24)(H,21,25);4*1H4. The van der Waals surface area contributed by atoms with Crippen molar-refractivity contribution in [2.45, 2.75) is 61.4 Å². The van der Waals surface area contributed by atoms with Gasteiger partial charge in [-0.15, -0.1) is 11.3 Å². The lowest BCUT2D eigenvalue weighted by Crippen LogP contribution is -2.18. The van der Waals surface area contributed by atoms with Crippen molar-refractivity contribution in [3.05, 3.63) is 44.6 Å². The molecule has 4 rings (SSSR count). The van der Waals surface area contributed by atoms with Crippen LogP contribution >= 0.6 is 11.3 Å². The average molecular weight is 435 g/mol. The van der Waals surface area contributed by atoms with Gasteiger partial charge in [-0.1, -0.05) is 42.5 Å². The summed E-state index contributed by atoms with van der Waals surface area (Å²) in [7, 11) is 0. The summed E-state index contributed by atoms with van der Waals surface area (Å²) in [5.74, 6) is -1.09. The van der Waals surface area contributed by atoms with Crippen LogP contribution in [-0.4, -0.2) is 21.4 Å². The van der Waals surface area contributed by atoms with Crippen LogP contribution in [0.2, 0.25) is 0 Å². The molecule has 166 valence electrons. The zero-order valence-electron chi connectivity index (χ0n) is 14.0. The Morgan fingerprint density at radius 1 is 1.07 bits per heavy atom. The molecule has 0 spiro atoms. The number of rotatable bonds is 4. The molecule has 3 aromatic heterocycles. The van der Waals surface area contributed by atoms with E-state index in [1.807, 2.05) is 10.8 Å². The third kappa shape index (κ3) is 4.33. The first-order valence-corrected chi connectivity index (χ1v) is 9.30. The molecule has 0 atom stereocenters. The largest absolute Gasteiger partial charge is 0.365 e. The molecule has 3 aromatic rings. The highest BCUT2D eigenvalue weighted by Crippen LogP contribution is 2.38. The molecule has 1 saturated carbocycles. The van der Waals surface area contributed by atoms with Gasteiger partial charge < -0.3 is 21.0 Å². The van der Waals surface area contributed by atoms with Gasteiger partial charge in [0.25, 0.3) is 17.4 Å². The van der Waals surface area contributed by atoms with Crippen LogP contribution in [0.4, 0.5) is 0 Å². The molecular formula is C22H34N4O3S. The molecule has 0 saturated heterocycles. The highest BCUT2D eigenvalue weighted by atomic mass is 32.1. The van der Waals surface area contributed by atoms with Crippen molar-refractivity contribution in [2.24, 2.45) is 11.5 Å². The van der Waals surface area contributed by atoms with Crippen LogP contribution in [0.25, 0.3) is 22.0 Å². The molecule has 0 bridgehead atoms. The predicted molar refractivity (Wildman–Crippen MR) is 127 cm³/mol. The fraction of sp³-hybridized carbons (Fsp3) is 0.409. The first kappa shape index (κ1) is 27.1. The number of pyridine rings is 1. The smallest absolute Gasteiger partial charge is 0.258 e. The maximum Gasteiger partial charge on any atom is 0.258 e. The summed E-state index contributed by atoms with van der Waals surface area (Å²) < 4.78 is 2.01. The molecule has 0 aliphatic heterocycles. The lowest BCUT2D eigenvalue weighted by atomic mass is 10.1. The van der Waals surface area contributed by atoms with Gasteiger partial charge in [0, 0.05) is 24.0 Å². The number of hydrogen-bond donors (Lipinski definition) is 3. The van der Waals surface area contributed by atoms with Crippen molar-refractivity contribution in [1.82, 2.24) is 9.55 Å². The molecular weight excluding hydrogens is 400 g/mol. The zero-order valence-corrected chi connectivity index (χ0v) is 14.8. The average Bonchev–Trinajstić information content (AvgIpc) is 3.33. The number of carbonyl (C=O) groups excluding carboxylic acids is 2. The number of amides is 2. The number of nitrogens with two attached hydrogens (primary N) is 2. The number of carbonyl (C=O) groups is 2. The first-order valence-electron chi connectivity index (χ1n) is 8.42. The molecule has 1 fully saturated rings. The predicted octanol–water partition coefficient (Wildman–Crippen LogP) is 4.92. The van der Waals surface area contributed by atoms with Gasteiger partial charge in [0.1, 0.15) is 0 Å². The molecule has 0 aromatic carbocycles. The number of aromatic nitrogens is 2. The zero-order chi connectivity index (χ0) is 18.4. The quantitative estimate of drug-likeness (QED) is 0.540. The van der Waals surface area contributed by atoms with Crippen LogP contribution in [-0.2, 0) is 0 Å². The number of thiophene rings is 1. The van der Waals surface area contributed by atoms with E-state index in [2.05, 4.69) is 4.98 Å².